The Morgan fingerprint density at radius 2 is 2.00 bits per heavy atom. The normalized spacial score (nSPS) is 10.7. The molecule has 4 heteroatoms. The number of carboxylic acid groups (broad SMARTS) is 1. The van der Waals surface area contributed by atoms with E-state index in [1.807, 2.05) is 24.3 Å². The quantitative estimate of drug-likeness (QED) is 0.745. The van der Waals surface area contributed by atoms with E-state index in [-0.39, 0.29) is 5.56 Å². The zero-order valence-electron chi connectivity index (χ0n) is 9.33. The molecule has 0 atom stereocenters. The molecule has 3 aromatic rings. The minimum Gasteiger partial charge on any atom is -0.478 e. The molecular formula is C14H9NO3. The van der Waals surface area contributed by atoms with Gasteiger partial charge < -0.3 is 9.52 Å². The predicted molar refractivity (Wildman–Crippen MR) is 66.4 cm³/mol. The molecule has 18 heavy (non-hydrogen) atoms. The van der Waals surface area contributed by atoms with Crippen LogP contribution in [0.1, 0.15) is 10.4 Å². The van der Waals surface area contributed by atoms with Crippen LogP contribution < -0.4 is 0 Å². The summed E-state index contributed by atoms with van der Waals surface area (Å²) in [5.41, 5.74) is 1.20. The van der Waals surface area contributed by atoms with Crippen LogP contribution in [-0.4, -0.2) is 16.1 Å². The van der Waals surface area contributed by atoms with Crippen LogP contribution in [0.15, 0.2) is 53.1 Å². The summed E-state index contributed by atoms with van der Waals surface area (Å²) in [6.45, 7) is 0. The Bertz CT molecular complexity index is 697. The van der Waals surface area contributed by atoms with Crippen LogP contribution in [-0.2, 0) is 0 Å². The summed E-state index contributed by atoms with van der Waals surface area (Å²) in [5, 5.41) is 10.0. The highest BCUT2D eigenvalue weighted by atomic mass is 16.4. The molecule has 0 aliphatic rings. The molecule has 4 nitrogen and oxygen atoms in total. The standard InChI is InChI=1S/C14H9NO3/c16-14(17)10-5-3-7-15-13(10)12-8-9-4-1-2-6-11(9)18-12/h1-8H,(H,16,17). The van der Waals surface area contributed by atoms with E-state index in [4.69, 9.17) is 9.52 Å². The smallest absolute Gasteiger partial charge is 0.338 e. The summed E-state index contributed by atoms with van der Waals surface area (Å²) in [6.07, 6.45) is 1.55. The van der Waals surface area contributed by atoms with Crippen LogP contribution in [0.2, 0.25) is 0 Å². The van der Waals surface area contributed by atoms with Gasteiger partial charge in [0.2, 0.25) is 0 Å². The number of para-hydroxylation sites is 1. The Morgan fingerprint density at radius 1 is 1.17 bits per heavy atom. The summed E-state index contributed by atoms with van der Waals surface area (Å²) in [5.74, 6) is -0.548. The van der Waals surface area contributed by atoms with Gasteiger partial charge >= 0.3 is 5.97 Å². The second-order valence-corrected chi connectivity index (χ2v) is 3.85. The molecule has 0 spiro atoms. The molecule has 0 saturated heterocycles. The van der Waals surface area contributed by atoms with Gasteiger partial charge in [-0.15, -0.1) is 0 Å². The Balaban J connectivity index is 2.23. The first-order valence-corrected chi connectivity index (χ1v) is 5.43. The van der Waals surface area contributed by atoms with Crippen LogP contribution in [0.4, 0.5) is 0 Å². The van der Waals surface area contributed by atoms with E-state index in [1.54, 1.807) is 18.3 Å². The average Bonchev–Trinajstić information content (AvgIpc) is 2.82. The van der Waals surface area contributed by atoms with E-state index in [9.17, 15) is 4.79 Å². The second-order valence-electron chi connectivity index (χ2n) is 3.85. The highest BCUT2D eigenvalue weighted by Crippen LogP contribution is 2.28. The van der Waals surface area contributed by atoms with Gasteiger partial charge in [-0.3, -0.25) is 4.98 Å². The van der Waals surface area contributed by atoms with Crippen molar-refractivity contribution in [3.63, 3.8) is 0 Å². The molecule has 3 rings (SSSR count). The van der Waals surface area contributed by atoms with Crippen molar-refractivity contribution in [1.82, 2.24) is 4.98 Å². The van der Waals surface area contributed by atoms with Crippen molar-refractivity contribution in [3.8, 4) is 11.5 Å². The lowest BCUT2D eigenvalue weighted by molar-refractivity contribution is 0.0697. The van der Waals surface area contributed by atoms with Gasteiger partial charge in [0, 0.05) is 11.6 Å². The third-order valence-corrected chi connectivity index (χ3v) is 2.70. The van der Waals surface area contributed by atoms with Gasteiger partial charge in [-0.05, 0) is 24.3 Å². The number of benzene rings is 1. The zero-order chi connectivity index (χ0) is 12.5. The number of aromatic carboxylic acids is 1. The number of hydrogen-bond donors (Lipinski definition) is 1. The Hall–Kier alpha value is -2.62. The number of carbonyl (C=O) groups is 1. The number of carboxylic acids is 1. The summed E-state index contributed by atoms with van der Waals surface area (Å²) in [4.78, 5) is 15.2. The van der Waals surface area contributed by atoms with E-state index < -0.39 is 5.97 Å². The number of rotatable bonds is 2. The Morgan fingerprint density at radius 3 is 2.78 bits per heavy atom. The fourth-order valence-electron chi connectivity index (χ4n) is 1.87. The lowest BCUT2D eigenvalue weighted by atomic mass is 10.1. The predicted octanol–water partition coefficient (Wildman–Crippen LogP) is 3.19. The number of hydrogen-bond acceptors (Lipinski definition) is 3. The van der Waals surface area contributed by atoms with Gasteiger partial charge in [0.25, 0.3) is 0 Å². The number of nitrogens with zero attached hydrogens (tertiary/aromatic N) is 1. The number of furan rings is 1. The molecule has 2 aromatic heterocycles. The molecule has 0 radical (unpaired) electrons. The Labute approximate surface area is 103 Å². The maximum absolute atomic E-state index is 11.1. The van der Waals surface area contributed by atoms with Crippen LogP contribution in [0.3, 0.4) is 0 Å². The molecule has 88 valence electrons. The fourth-order valence-corrected chi connectivity index (χ4v) is 1.87. The van der Waals surface area contributed by atoms with Crippen molar-refractivity contribution in [2.45, 2.75) is 0 Å². The van der Waals surface area contributed by atoms with Gasteiger partial charge in [-0.25, -0.2) is 4.79 Å². The topological polar surface area (TPSA) is 63.3 Å². The summed E-state index contributed by atoms with van der Waals surface area (Å²) in [6, 6.07) is 12.4. The first-order chi connectivity index (χ1) is 8.75. The molecule has 0 amide bonds. The van der Waals surface area contributed by atoms with Crippen LogP contribution in [0, 0.1) is 0 Å². The zero-order valence-corrected chi connectivity index (χ0v) is 9.33. The minimum atomic E-state index is -1.02. The van der Waals surface area contributed by atoms with E-state index >= 15 is 0 Å². The molecule has 0 saturated carbocycles. The third-order valence-electron chi connectivity index (χ3n) is 2.70. The van der Waals surface area contributed by atoms with Crippen molar-refractivity contribution in [1.29, 1.82) is 0 Å². The largest absolute Gasteiger partial charge is 0.478 e. The maximum Gasteiger partial charge on any atom is 0.338 e. The molecule has 0 fully saturated rings. The number of pyridine rings is 1. The number of aromatic nitrogens is 1. The second kappa shape index (κ2) is 4.00. The lowest BCUT2D eigenvalue weighted by Crippen LogP contribution is -2.00. The molecule has 1 aromatic carbocycles. The maximum atomic E-state index is 11.1. The molecule has 0 aliphatic carbocycles. The number of fused-ring (bicyclic) bond motifs is 1. The fraction of sp³-hybridized carbons (Fsp3) is 0. The van der Waals surface area contributed by atoms with Crippen molar-refractivity contribution in [3.05, 3.63) is 54.2 Å². The van der Waals surface area contributed by atoms with Gasteiger partial charge in [-0.2, -0.15) is 0 Å². The third kappa shape index (κ3) is 1.64. The molecule has 0 unspecified atom stereocenters. The molecule has 0 bridgehead atoms. The first-order valence-electron chi connectivity index (χ1n) is 5.43. The lowest BCUT2D eigenvalue weighted by Gasteiger charge is -2.00. The van der Waals surface area contributed by atoms with Crippen LogP contribution in [0.5, 0.6) is 0 Å². The average molecular weight is 239 g/mol. The van der Waals surface area contributed by atoms with Crippen molar-refractivity contribution in [2.75, 3.05) is 0 Å². The monoisotopic (exact) mass is 239 g/mol. The van der Waals surface area contributed by atoms with Gasteiger partial charge in [-0.1, -0.05) is 18.2 Å². The van der Waals surface area contributed by atoms with E-state index in [2.05, 4.69) is 4.98 Å². The SMILES string of the molecule is O=C(O)c1cccnc1-c1cc2ccccc2o1. The van der Waals surface area contributed by atoms with Gasteiger partial charge in [0.15, 0.2) is 5.76 Å². The summed E-state index contributed by atoms with van der Waals surface area (Å²) < 4.78 is 5.62. The van der Waals surface area contributed by atoms with E-state index in [1.165, 1.54) is 6.07 Å². The van der Waals surface area contributed by atoms with E-state index in [0.717, 1.165) is 11.0 Å². The van der Waals surface area contributed by atoms with Crippen molar-refractivity contribution in [2.24, 2.45) is 0 Å². The molecular weight excluding hydrogens is 230 g/mol. The van der Waals surface area contributed by atoms with E-state index in [0.29, 0.717) is 11.5 Å². The summed E-state index contributed by atoms with van der Waals surface area (Å²) >= 11 is 0. The first kappa shape index (κ1) is 10.5. The van der Waals surface area contributed by atoms with Gasteiger partial charge in [0.1, 0.15) is 11.3 Å². The highest BCUT2D eigenvalue weighted by Gasteiger charge is 2.15. The van der Waals surface area contributed by atoms with Gasteiger partial charge in [0.05, 0.1) is 5.56 Å². The van der Waals surface area contributed by atoms with Crippen molar-refractivity contribution >= 4 is 16.9 Å². The Kier molecular flexibility index (Phi) is 2.34. The minimum absolute atomic E-state index is 0.136. The van der Waals surface area contributed by atoms with Crippen molar-refractivity contribution < 1.29 is 14.3 Å². The van der Waals surface area contributed by atoms with Crippen LogP contribution in [0.25, 0.3) is 22.4 Å². The molecule has 0 aliphatic heterocycles. The summed E-state index contributed by atoms with van der Waals surface area (Å²) in [7, 11) is 0. The van der Waals surface area contributed by atoms with Crippen LogP contribution >= 0.6 is 0 Å². The highest BCUT2D eigenvalue weighted by molar-refractivity contribution is 5.95. The molecule has 2 heterocycles. The molecule has 1 N–H and O–H groups in total.